The van der Waals surface area contributed by atoms with Crippen LogP contribution in [-0.2, 0) is 9.53 Å². The van der Waals surface area contributed by atoms with Crippen LogP contribution in [0.5, 0.6) is 0 Å². The molecular weight excluding hydrogens is 342 g/mol. The summed E-state index contributed by atoms with van der Waals surface area (Å²) in [7, 11) is 0. The van der Waals surface area contributed by atoms with Crippen LogP contribution in [0.15, 0.2) is 30.5 Å². The van der Waals surface area contributed by atoms with E-state index in [0.29, 0.717) is 26.1 Å². The van der Waals surface area contributed by atoms with Crippen LogP contribution in [0, 0.1) is 15.5 Å². The van der Waals surface area contributed by atoms with Crippen molar-refractivity contribution in [2.75, 3.05) is 19.8 Å². The Morgan fingerprint density at radius 3 is 2.69 bits per heavy atom. The number of aliphatic carboxylic acids is 1. The van der Waals surface area contributed by atoms with Gasteiger partial charge in [0, 0.05) is 32.0 Å². The molecule has 1 aliphatic rings. The molecule has 1 fully saturated rings. The Balaban J connectivity index is 1.88. The van der Waals surface area contributed by atoms with Crippen LogP contribution in [0.2, 0.25) is 0 Å². The minimum Gasteiger partial charge on any atom is -0.481 e. The second kappa shape index (κ2) is 7.04. The smallest absolute Gasteiger partial charge is 0.311 e. The Hall–Kier alpha value is -3.07. The highest BCUT2D eigenvalue weighted by Gasteiger charge is 2.40. The van der Waals surface area contributed by atoms with Crippen molar-refractivity contribution in [3.63, 3.8) is 0 Å². The fourth-order valence-corrected chi connectivity index (χ4v) is 3.07. The van der Waals surface area contributed by atoms with Gasteiger partial charge in [0.25, 0.3) is 11.6 Å². The molecule has 0 saturated carbocycles. The van der Waals surface area contributed by atoms with Gasteiger partial charge in [-0.05, 0) is 31.0 Å². The predicted octanol–water partition coefficient (Wildman–Crippen LogP) is 1.75. The highest BCUT2D eigenvalue weighted by atomic mass is 16.6. The van der Waals surface area contributed by atoms with E-state index >= 15 is 0 Å². The fraction of sp³-hybridized carbons (Fsp3) is 0.353. The summed E-state index contributed by atoms with van der Waals surface area (Å²) in [6.07, 6.45) is 2.06. The minimum absolute atomic E-state index is 0.0458. The number of aromatic nitrogens is 1. The molecule has 0 atom stereocenters. The number of nitro groups is 1. The lowest BCUT2D eigenvalue weighted by Crippen LogP contribution is -2.46. The third-order valence-corrected chi connectivity index (χ3v) is 4.68. The Kier molecular flexibility index (Phi) is 4.81. The van der Waals surface area contributed by atoms with Gasteiger partial charge in [0.05, 0.1) is 26.8 Å². The standard InChI is InChI=1S/C17H17N3O6/c21-15(19-10-17(16(22)23)5-8-26-9-6-17)12-3-4-13(20(24)25)11-2-1-7-18-14(11)12/h1-4,7H,5-6,8-10H2,(H,19,21)(H,22,23). The summed E-state index contributed by atoms with van der Waals surface area (Å²) in [6, 6.07) is 5.66. The quantitative estimate of drug-likeness (QED) is 0.614. The fourth-order valence-electron chi connectivity index (χ4n) is 3.07. The lowest BCUT2D eigenvalue weighted by atomic mass is 9.80. The third kappa shape index (κ3) is 3.21. The Bertz CT molecular complexity index is 876. The van der Waals surface area contributed by atoms with Crippen molar-refractivity contribution >= 4 is 28.5 Å². The number of carboxylic acids is 1. The first kappa shape index (κ1) is 17.7. The van der Waals surface area contributed by atoms with Crippen molar-refractivity contribution in [3.05, 3.63) is 46.1 Å². The number of rotatable bonds is 5. The molecule has 2 aromatic rings. The van der Waals surface area contributed by atoms with Crippen molar-refractivity contribution in [3.8, 4) is 0 Å². The first-order chi connectivity index (χ1) is 12.4. The van der Waals surface area contributed by atoms with Gasteiger partial charge in [-0.2, -0.15) is 0 Å². The SMILES string of the molecule is O=C(NCC1(C(=O)O)CCOCC1)c1ccc([N+](=O)[O-])c2cccnc12. The van der Waals surface area contributed by atoms with Crippen LogP contribution in [0.1, 0.15) is 23.2 Å². The van der Waals surface area contributed by atoms with Gasteiger partial charge in [0.2, 0.25) is 0 Å². The zero-order valence-corrected chi connectivity index (χ0v) is 13.8. The van der Waals surface area contributed by atoms with E-state index in [9.17, 15) is 24.8 Å². The number of ether oxygens (including phenoxy) is 1. The maximum atomic E-state index is 12.6. The first-order valence-corrected chi connectivity index (χ1v) is 8.06. The lowest BCUT2D eigenvalue weighted by Gasteiger charge is -2.33. The van der Waals surface area contributed by atoms with E-state index in [4.69, 9.17) is 4.74 Å². The molecule has 2 heterocycles. The first-order valence-electron chi connectivity index (χ1n) is 8.06. The predicted molar refractivity (Wildman–Crippen MR) is 90.9 cm³/mol. The normalized spacial score (nSPS) is 16.2. The molecule has 3 rings (SSSR count). The number of nitro benzene ring substituents is 1. The summed E-state index contributed by atoms with van der Waals surface area (Å²) in [5.41, 5.74) is -0.844. The van der Waals surface area contributed by atoms with Crippen molar-refractivity contribution in [2.24, 2.45) is 5.41 Å². The number of carbonyl (C=O) groups is 2. The number of carboxylic acid groups (broad SMARTS) is 1. The zero-order chi connectivity index (χ0) is 18.7. The van der Waals surface area contributed by atoms with E-state index in [1.807, 2.05) is 0 Å². The summed E-state index contributed by atoms with van der Waals surface area (Å²) in [4.78, 5) is 39.0. The van der Waals surface area contributed by atoms with Crippen LogP contribution < -0.4 is 5.32 Å². The van der Waals surface area contributed by atoms with Gasteiger partial charge in [0.1, 0.15) is 0 Å². The number of pyridine rings is 1. The van der Waals surface area contributed by atoms with E-state index in [0.717, 1.165) is 0 Å². The van der Waals surface area contributed by atoms with Crippen molar-refractivity contribution in [2.45, 2.75) is 12.8 Å². The molecule has 9 heteroatoms. The van der Waals surface area contributed by atoms with Gasteiger partial charge < -0.3 is 15.2 Å². The van der Waals surface area contributed by atoms with Gasteiger partial charge in [-0.1, -0.05) is 0 Å². The maximum Gasteiger partial charge on any atom is 0.311 e. The lowest BCUT2D eigenvalue weighted by molar-refractivity contribution is -0.383. The molecule has 1 aliphatic heterocycles. The summed E-state index contributed by atoms with van der Waals surface area (Å²) in [5, 5.41) is 23.6. The third-order valence-electron chi connectivity index (χ3n) is 4.68. The molecule has 1 amide bonds. The van der Waals surface area contributed by atoms with Gasteiger partial charge in [0.15, 0.2) is 0 Å². The number of fused-ring (bicyclic) bond motifs is 1. The van der Waals surface area contributed by atoms with Crippen LogP contribution >= 0.6 is 0 Å². The topological polar surface area (TPSA) is 132 Å². The monoisotopic (exact) mass is 359 g/mol. The molecule has 0 spiro atoms. The zero-order valence-electron chi connectivity index (χ0n) is 13.8. The maximum absolute atomic E-state index is 12.6. The molecule has 1 aromatic carbocycles. The van der Waals surface area contributed by atoms with Gasteiger partial charge in [-0.15, -0.1) is 0 Å². The number of non-ortho nitro benzene ring substituents is 1. The van der Waals surface area contributed by atoms with Crippen LogP contribution in [0.4, 0.5) is 5.69 Å². The average Bonchev–Trinajstić information content (AvgIpc) is 2.65. The molecule has 0 unspecified atom stereocenters. The van der Waals surface area contributed by atoms with Crippen LogP contribution in [0.3, 0.4) is 0 Å². The molecule has 0 bridgehead atoms. The van der Waals surface area contributed by atoms with E-state index in [-0.39, 0.29) is 28.7 Å². The summed E-state index contributed by atoms with van der Waals surface area (Å²) in [5.74, 6) is -1.50. The average molecular weight is 359 g/mol. The minimum atomic E-state index is -1.07. The van der Waals surface area contributed by atoms with Gasteiger partial charge in [-0.25, -0.2) is 0 Å². The van der Waals surface area contributed by atoms with Crippen molar-refractivity contribution in [1.82, 2.24) is 10.3 Å². The van der Waals surface area contributed by atoms with Crippen LogP contribution in [0.25, 0.3) is 10.9 Å². The van der Waals surface area contributed by atoms with Crippen LogP contribution in [-0.4, -0.2) is 46.6 Å². The van der Waals surface area contributed by atoms with Gasteiger partial charge >= 0.3 is 5.97 Å². The number of hydrogen-bond donors (Lipinski definition) is 2. The van der Waals surface area contributed by atoms with E-state index in [1.54, 1.807) is 6.07 Å². The van der Waals surface area contributed by atoms with Crippen molar-refractivity contribution in [1.29, 1.82) is 0 Å². The second-order valence-electron chi connectivity index (χ2n) is 6.17. The number of nitrogens with zero attached hydrogens (tertiary/aromatic N) is 2. The number of carbonyl (C=O) groups excluding carboxylic acids is 1. The molecule has 0 aliphatic carbocycles. The second-order valence-corrected chi connectivity index (χ2v) is 6.17. The molecule has 1 saturated heterocycles. The van der Waals surface area contributed by atoms with E-state index in [1.165, 1.54) is 24.4 Å². The molecule has 136 valence electrons. The Morgan fingerprint density at radius 2 is 2.04 bits per heavy atom. The van der Waals surface area contributed by atoms with E-state index < -0.39 is 22.2 Å². The highest BCUT2D eigenvalue weighted by molar-refractivity contribution is 6.07. The number of benzene rings is 1. The number of hydrogen-bond acceptors (Lipinski definition) is 6. The number of amides is 1. The highest BCUT2D eigenvalue weighted by Crippen LogP contribution is 2.31. The van der Waals surface area contributed by atoms with E-state index in [2.05, 4.69) is 10.3 Å². The summed E-state index contributed by atoms with van der Waals surface area (Å²) >= 11 is 0. The molecule has 0 radical (unpaired) electrons. The molecule has 26 heavy (non-hydrogen) atoms. The summed E-state index contributed by atoms with van der Waals surface area (Å²) < 4.78 is 5.21. The number of nitrogens with one attached hydrogen (secondary N) is 1. The van der Waals surface area contributed by atoms with Gasteiger partial charge in [-0.3, -0.25) is 24.7 Å². The largest absolute Gasteiger partial charge is 0.481 e. The molecular formula is C17H17N3O6. The Labute approximate surface area is 148 Å². The molecule has 1 aromatic heterocycles. The summed E-state index contributed by atoms with van der Waals surface area (Å²) in [6.45, 7) is 0.601. The molecule has 2 N–H and O–H groups in total. The Morgan fingerprint density at radius 1 is 1.31 bits per heavy atom. The molecule has 9 nitrogen and oxygen atoms in total. The van der Waals surface area contributed by atoms with Crippen molar-refractivity contribution < 1.29 is 24.4 Å².